The lowest BCUT2D eigenvalue weighted by atomic mass is 10.1. The molecule has 8 nitrogen and oxygen atoms in total. The third-order valence-electron chi connectivity index (χ3n) is 5.23. The zero-order valence-corrected chi connectivity index (χ0v) is 15.9. The summed E-state index contributed by atoms with van der Waals surface area (Å²) in [6, 6.07) is 8.47. The molecule has 0 radical (unpaired) electrons. The van der Waals surface area contributed by atoms with Gasteiger partial charge in [0.05, 0.1) is 30.5 Å². The van der Waals surface area contributed by atoms with Gasteiger partial charge in [0.2, 0.25) is 0 Å². The van der Waals surface area contributed by atoms with E-state index in [1.54, 1.807) is 6.07 Å². The molecule has 1 amide bonds. The van der Waals surface area contributed by atoms with Gasteiger partial charge in [-0.1, -0.05) is 18.2 Å². The lowest BCUT2D eigenvalue weighted by Crippen LogP contribution is -2.44. The monoisotopic (exact) mass is 397 g/mol. The number of hydrogen-bond acceptors (Lipinski definition) is 6. The molecule has 1 aromatic carbocycles. The number of rotatable bonds is 3. The number of nitrogens with zero attached hydrogens (tertiary/aromatic N) is 3. The van der Waals surface area contributed by atoms with Crippen molar-refractivity contribution >= 4 is 28.6 Å². The second-order valence-corrected chi connectivity index (χ2v) is 8.11. The maximum Gasteiger partial charge on any atom is 0.272 e. The fourth-order valence-electron chi connectivity index (χ4n) is 3.76. The Balaban J connectivity index is 1.42. The van der Waals surface area contributed by atoms with Crippen molar-refractivity contribution in [3.63, 3.8) is 0 Å². The normalized spacial score (nSPS) is 21.6. The van der Waals surface area contributed by atoms with E-state index in [1.807, 2.05) is 36.0 Å². The minimum Gasteiger partial charge on any atom is -0.377 e. The van der Waals surface area contributed by atoms with Crippen LogP contribution in [0.3, 0.4) is 0 Å². The first-order valence-electron chi connectivity index (χ1n) is 9.22. The summed E-state index contributed by atoms with van der Waals surface area (Å²) in [5, 5.41) is 15.4. The van der Waals surface area contributed by atoms with E-state index in [0.717, 1.165) is 40.1 Å². The molecule has 28 heavy (non-hydrogen) atoms. The molecule has 9 heteroatoms. The number of aryl methyl sites for hydroxylation is 1. The van der Waals surface area contributed by atoms with E-state index in [-0.39, 0.29) is 23.6 Å². The van der Waals surface area contributed by atoms with E-state index in [0.29, 0.717) is 18.9 Å². The molecule has 2 aliphatic heterocycles. The number of amides is 1. The number of ether oxygens (including phenoxy) is 1. The number of aromatic amines is 1. The van der Waals surface area contributed by atoms with Gasteiger partial charge in [0.25, 0.3) is 11.5 Å². The van der Waals surface area contributed by atoms with Gasteiger partial charge in [-0.25, -0.2) is 4.68 Å². The molecule has 2 unspecified atom stereocenters. The third kappa shape index (κ3) is 3.00. The first kappa shape index (κ1) is 17.4. The average Bonchev–Trinajstić information content (AvgIpc) is 3.34. The molecule has 5 rings (SSSR count). The third-order valence-corrected chi connectivity index (χ3v) is 6.24. The van der Waals surface area contributed by atoms with E-state index >= 15 is 0 Å². The number of carbonyl (C=O) groups is 1. The van der Waals surface area contributed by atoms with Crippen molar-refractivity contribution in [2.75, 3.05) is 19.0 Å². The number of carbonyl (C=O) groups excluding carboxylic acids is 1. The van der Waals surface area contributed by atoms with Crippen LogP contribution in [0.4, 0.5) is 0 Å². The zero-order chi connectivity index (χ0) is 19.1. The number of benzene rings is 1. The highest BCUT2D eigenvalue weighted by molar-refractivity contribution is 7.98. The van der Waals surface area contributed by atoms with Crippen molar-refractivity contribution < 1.29 is 9.53 Å². The highest BCUT2D eigenvalue weighted by atomic mass is 32.2. The maximum atomic E-state index is 12.8. The van der Waals surface area contributed by atoms with Crippen LogP contribution in [-0.4, -0.2) is 50.9 Å². The molecule has 1 fully saturated rings. The number of aromatic nitrogens is 4. The molecule has 144 valence electrons. The summed E-state index contributed by atoms with van der Waals surface area (Å²) in [5.74, 6) is 1.54. The van der Waals surface area contributed by atoms with E-state index in [4.69, 9.17) is 4.74 Å². The molecule has 0 spiro atoms. The predicted octanol–water partition coefficient (Wildman–Crippen LogP) is 1.28. The lowest BCUT2D eigenvalue weighted by molar-refractivity contribution is 0.0921. The Morgan fingerprint density at radius 3 is 3.14 bits per heavy atom. The van der Waals surface area contributed by atoms with Gasteiger partial charge in [-0.3, -0.25) is 14.7 Å². The number of nitrogens with one attached hydrogen (secondary N) is 2. The largest absolute Gasteiger partial charge is 0.377 e. The number of fused-ring (bicyclic) bond motifs is 2. The van der Waals surface area contributed by atoms with Crippen molar-refractivity contribution in [3.8, 4) is 0 Å². The molecule has 1 saturated heterocycles. The minimum absolute atomic E-state index is 0.152. The zero-order valence-electron chi connectivity index (χ0n) is 15.1. The summed E-state index contributed by atoms with van der Waals surface area (Å²) < 4.78 is 7.06. The van der Waals surface area contributed by atoms with E-state index < -0.39 is 0 Å². The topological polar surface area (TPSA) is 102 Å². The van der Waals surface area contributed by atoms with Crippen LogP contribution in [0.15, 0.2) is 35.1 Å². The van der Waals surface area contributed by atoms with Crippen molar-refractivity contribution in [2.45, 2.75) is 24.3 Å². The highest BCUT2D eigenvalue weighted by Gasteiger charge is 2.34. The minimum atomic E-state index is -0.343. The van der Waals surface area contributed by atoms with E-state index in [1.165, 1.54) is 4.68 Å². The number of hydrogen-bond donors (Lipinski definition) is 2. The Hall–Kier alpha value is -2.65. The summed E-state index contributed by atoms with van der Waals surface area (Å²) in [7, 11) is 0. The molecule has 2 N–H and O–H groups in total. The number of H-pyrrole nitrogens is 1. The van der Waals surface area contributed by atoms with Crippen LogP contribution in [0.2, 0.25) is 0 Å². The quantitative estimate of drug-likeness (QED) is 0.690. The Labute approximate surface area is 164 Å². The summed E-state index contributed by atoms with van der Waals surface area (Å²) in [4.78, 5) is 25.4. The van der Waals surface area contributed by atoms with Crippen molar-refractivity contribution in [1.82, 2.24) is 25.3 Å². The Kier molecular flexibility index (Phi) is 4.40. The fourth-order valence-corrected chi connectivity index (χ4v) is 4.71. The van der Waals surface area contributed by atoms with Gasteiger partial charge in [0.1, 0.15) is 6.04 Å². The SMILES string of the molecule is O=C(NC1COCC1n1nc2c(cc1=O)CSCC2)c1n[nH]c2ccccc12. The second kappa shape index (κ2) is 7.06. The van der Waals surface area contributed by atoms with Crippen LogP contribution in [0.1, 0.15) is 27.8 Å². The van der Waals surface area contributed by atoms with Crippen molar-refractivity contribution in [2.24, 2.45) is 0 Å². The van der Waals surface area contributed by atoms with Crippen molar-refractivity contribution in [1.29, 1.82) is 0 Å². The van der Waals surface area contributed by atoms with Gasteiger partial charge in [0.15, 0.2) is 5.69 Å². The van der Waals surface area contributed by atoms with Gasteiger partial charge in [0, 0.05) is 23.6 Å². The molecule has 0 aliphatic carbocycles. The first-order valence-corrected chi connectivity index (χ1v) is 10.4. The van der Waals surface area contributed by atoms with Gasteiger partial charge in [-0.2, -0.15) is 22.0 Å². The Bertz CT molecular complexity index is 1110. The van der Waals surface area contributed by atoms with Gasteiger partial charge in [-0.05, 0) is 17.4 Å². The number of thioether (sulfide) groups is 1. The summed E-state index contributed by atoms with van der Waals surface area (Å²) in [6.07, 6.45) is 0.851. The van der Waals surface area contributed by atoms with E-state index in [9.17, 15) is 9.59 Å². The van der Waals surface area contributed by atoms with Crippen LogP contribution < -0.4 is 10.9 Å². The fraction of sp³-hybridized carbons (Fsp3) is 0.368. The Morgan fingerprint density at radius 2 is 2.21 bits per heavy atom. The molecule has 2 aliphatic rings. The molecular weight excluding hydrogens is 378 g/mol. The molecule has 0 bridgehead atoms. The van der Waals surface area contributed by atoms with Gasteiger partial charge in [-0.15, -0.1) is 0 Å². The smallest absolute Gasteiger partial charge is 0.272 e. The van der Waals surface area contributed by atoms with E-state index in [2.05, 4.69) is 20.6 Å². The maximum absolute atomic E-state index is 12.8. The first-order chi connectivity index (χ1) is 13.7. The lowest BCUT2D eigenvalue weighted by Gasteiger charge is -2.22. The van der Waals surface area contributed by atoms with Crippen LogP contribution in [0, 0.1) is 0 Å². The van der Waals surface area contributed by atoms with Crippen LogP contribution in [0.5, 0.6) is 0 Å². The molecule has 2 atom stereocenters. The summed E-state index contributed by atoms with van der Waals surface area (Å²) in [5.41, 5.74) is 2.97. The van der Waals surface area contributed by atoms with Crippen LogP contribution in [0.25, 0.3) is 10.9 Å². The van der Waals surface area contributed by atoms with Crippen molar-refractivity contribution in [3.05, 3.63) is 57.6 Å². The predicted molar refractivity (Wildman–Crippen MR) is 106 cm³/mol. The molecular formula is C19H19N5O3S. The summed E-state index contributed by atoms with van der Waals surface area (Å²) in [6.45, 7) is 0.673. The highest BCUT2D eigenvalue weighted by Crippen LogP contribution is 2.24. The van der Waals surface area contributed by atoms with Gasteiger partial charge >= 0.3 is 0 Å². The number of para-hydroxylation sites is 1. The standard InChI is InChI=1S/C19H19N5O3S/c25-17-7-11-10-28-6-5-13(11)23-24(17)16-9-27-8-15(16)20-19(26)18-12-3-1-2-4-14(12)21-22-18/h1-4,7,15-16H,5-6,8-10H2,(H,20,26)(H,21,22). The van der Waals surface area contributed by atoms with Crippen LogP contribution in [-0.2, 0) is 16.9 Å². The average molecular weight is 397 g/mol. The molecule has 2 aromatic heterocycles. The van der Waals surface area contributed by atoms with Gasteiger partial charge < -0.3 is 10.1 Å². The second-order valence-electron chi connectivity index (χ2n) is 7.00. The molecule has 0 saturated carbocycles. The summed E-state index contributed by atoms with van der Waals surface area (Å²) >= 11 is 1.81. The van der Waals surface area contributed by atoms with Crippen LogP contribution >= 0.6 is 11.8 Å². The molecule has 4 heterocycles. The Morgan fingerprint density at radius 1 is 1.32 bits per heavy atom. The molecule has 3 aromatic rings.